The fourth-order valence-electron chi connectivity index (χ4n) is 1.36. The number of halogens is 1. The van der Waals surface area contributed by atoms with Gasteiger partial charge in [0.2, 0.25) is 0 Å². The minimum atomic E-state index is -0.831. The molecule has 0 radical (unpaired) electrons. The lowest BCUT2D eigenvalue weighted by Crippen LogP contribution is -2.29. The normalized spacial score (nSPS) is 11.6. The lowest BCUT2D eigenvalue weighted by molar-refractivity contribution is -0.143. The fraction of sp³-hybridized carbons (Fsp3) is 0.417. The molecule has 0 fully saturated rings. The Hall–Kier alpha value is -1.10. The van der Waals surface area contributed by atoms with Crippen molar-refractivity contribution >= 4 is 18.4 Å². The third-order valence-electron chi connectivity index (χ3n) is 2.23. The van der Waals surface area contributed by atoms with Crippen LogP contribution in [-0.2, 0) is 16.1 Å². The van der Waals surface area contributed by atoms with Gasteiger partial charge in [-0.2, -0.15) is 0 Å². The van der Waals surface area contributed by atoms with Gasteiger partial charge in [0.25, 0.3) is 0 Å². The summed E-state index contributed by atoms with van der Waals surface area (Å²) in [6.07, 6.45) is 0. The molecule has 0 aliphatic heterocycles. The highest BCUT2D eigenvalue weighted by Crippen LogP contribution is 2.03. The van der Waals surface area contributed by atoms with E-state index >= 15 is 0 Å². The minimum Gasteiger partial charge on any atom is -0.481 e. The van der Waals surface area contributed by atoms with E-state index in [2.05, 4.69) is 5.32 Å². The highest BCUT2D eigenvalue weighted by Gasteiger charge is 2.16. The molecule has 0 bridgehead atoms. The van der Waals surface area contributed by atoms with Gasteiger partial charge in [0.15, 0.2) is 0 Å². The maximum Gasteiger partial charge on any atom is 0.310 e. The van der Waals surface area contributed by atoms with E-state index in [-0.39, 0.29) is 19.0 Å². The van der Waals surface area contributed by atoms with E-state index in [9.17, 15) is 4.79 Å². The molecular weight excluding hydrogens is 242 g/mol. The smallest absolute Gasteiger partial charge is 0.310 e. The number of aliphatic carboxylic acids is 1. The summed E-state index contributed by atoms with van der Waals surface area (Å²) < 4.78 is 5.37. The van der Waals surface area contributed by atoms with Crippen molar-refractivity contribution in [2.24, 2.45) is 5.92 Å². The summed E-state index contributed by atoms with van der Waals surface area (Å²) in [7, 11) is 1.73. The molecule has 0 unspecified atom stereocenters. The fourth-order valence-corrected chi connectivity index (χ4v) is 1.36. The summed E-state index contributed by atoms with van der Waals surface area (Å²) in [4.78, 5) is 10.8. The molecule has 0 saturated carbocycles. The summed E-state index contributed by atoms with van der Waals surface area (Å²) in [6.45, 7) is 1.10. The van der Waals surface area contributed by atoms with Gasteiger partial charge in [-0.1, -0.05) is 30.3 Å². The van der Waals surface area contributed by atoms with Crippen LogP contribution in [0.1, 0.15) is 5.56 Å². The quantitative estimate of drug-likeness (QED) is 0.780. The zero-order valence-corrected chi connectivity index (χ0v) is 10.6. The number of rotatable bonds is 7. The molecule has 96 valence electrons. The first-order chi connectivity index (χ1) is 7.74. The number of carboxylic acid groups (broad SMARTS) is 1. The topological polar surface area (TPSA) is 58.6 Å². The van der Waals surface area contributed by atoms with E-state index in [1.807, 2.05) is 30.3 Å². The van der Waals surface area contributed by atoms with Gasteiger partial charge in [0.1, 0.15) is 0 Å². The molecule has 1 aromatic carbocycles. The number of hydrogen-bond donors (Lipinski definition) is 2. The zero-order chi connectivity index (χ0) is 11.8. The molecule has 0 aliphatic rings. The van der Waals surface area contributed by atoms with Crippen LogP contribution in [0.5, 0.6) is 0 Å². The van der Waals surface area contributed by atoms with Gasteiger partial charge in [-0.05, 0) is 12.6 Å². The van der Waals surface area contributed by atoms with Gasteiger partial charge in [-0.15, -0.1) is 12.4 Å². The SMILES string of the molecule is CNC[C@@H](COCc1ccccc1)C(=O)O.Cl. The van der Waals surface area contributed by atoms with Gasteiger partial charge in [-0.25, -0.2) is 0 Å². The van der Waals surface area contributed by atoms with Gasteiger partial charge >= 0.3 is 5.97 Å². The number of carbonyl (C=O) groups is 1. The van der Waals surface area contributed by atoms with E-state index < -0.39 is 11.9 Å². The second kappa shape index (κ2) is 8.98. The van der Waals surface area contributed by atoms with Crippen molar-refractivity contribution in [1.29, 1.82) is 0 Å². The van der Waals surface area contributed by atoms with Crippen LogP contribution >= 0.6 is 12.4 Å². The molecule has 2 N–H and O–H groups in total. The second-order valence-electron chi connectivity index (χ2n) is 3.59. The highest BCUT2D eigenvalue weighted by atomic mass is 35.5. The first-order valence-corrected chi connectivity index (χ1v) is 5.23. The summed E-state index contributed by atoms with van der Waals surface area (Å²) in [5, 5.41) is 11.7. The average Bonchev–Trinajstić information content (AvgIpc) is 2.29. The number of hydrogen-bond acceptors (Lipinski definition) is 3. The molecule has 0 aromatic heterocycles. The maximum atomic E-state index is 10.8. The summed E-state index contributed by atoms with van der Waals surface area (Å²) in [5.74, 6) is -1.32. The molecule has 1 rings (SSSR count). The average molecular weight is 260 g/mol. The van der Waals surface area contributed by atoms with Crippen molar-refractivity contribution in [1.82, 2.24) is 5.32 Å². The molecule has 4 nitrogen and oxygen atoms in total. The third-order valence-corrected chi connectivity index (χ3v) is 2.23. The van der Waals surface area contributed by atoms with Crippen LogP contribution in [0.25, 0.3) is 0 Å². The first kappa shape index (κ1) is 15.9. The van der Waals surface area contributed by atoms with Crippen molar-refractivity contribution < 1.29 is 14.6 Å². The number of nitrogens with one attached hydrogen (secondary N) is 1. The molecule has 0 spiro atoms. The summed E-state index contributed by atoms with van der Waals surface area (Å²) in [5.41, 5.74) is 1.05. The molecule has 5 heteroatoms. The Morgan fingerprint density at radius 1 is 1.41 bits per heavy atom. The lowest BCUT2D eigenvalue weighted by Gasteiger charge is -2.12. The maximum absolute atomic E-state index is 10.8. The van der Waals surface area contributed by atoms with Crippen LogP contribution in [0.3, 0.4) is 0 Å². The van der Waals surface area contributed by atoms with E-state index in [4.69, 9.17) is 9.84 Å². The van der Waals surface area contributed by atoms with Crippen LogP contribution < -0.4 is 5.32 Å². The Kier molecular flexibility index (Phi) is 8.40. The predicted molar refractivity (Wildman–Crippen MR) is 68.4 cm³/mol. The van der Waals surface area contributed by atoms with Gasteiger partial charge in [0.05, 0.1) is 19.1 Å². The highest BCUT2D eigenvalue weighted by molar-refractivity contribution is 5.85. The van der Waals surface area contributed by atoms with Crippen LogP contribution in [0.15, 0.2) is 30.3 Å². The minimum absolute atomic E-state index is 0. The Bertz CT molecular complexity index is 319. The number of carboxylic acids is 1. The predicted octanol–water partition coefficient (Wildman–Crippen LogP) is 1.55. The van der Waals surface area contributed by atoms with Crippen molar-refractivity contribution in [3.8, 4) is 0 Å². The van der Waals surface area contributed by atoms with Gasteiger partial charge in [0, 0.05) is 6.54 Å². The number of ether oxygens (including phenoxy) is 1. The Labute approximate surface area is 107 Å². The second-order valence-corrected chi connectivity index (χ2v) is 3.59. The largest absolute Gasteiger partial charge is 0.481 e. The zero-order valence-electron chi connectivity index (χ0n) is 9.76. The molecule has 0 saturated heterocycles. The first-order valence-electron chi connectivity index (χ1n) is 5.23. The Balaban J connectivity index is 0.00000256. The molecule has 0 aliphatic carbocycles. The van der Waals surface area contributed by atoms with Crippen LogP contribution in [0, 0.1) is 5.92 Å². The van der Waals surface area contributed by atoms with E-state index in [0.717, 1.165) is 5.56 Å². The van der Waals surface area contributed by atoms with Crippen LogP contribution in [0.4, 0.5) is 0 Å². The third kappa shape index (κ3) is 6.26. The molecule has 1 atom stereocenters. The molecule has 0 amide bonds. The van der Waals surface area contributed by atoms with Gasteiger partial charge in [-0.3, -0.25) is 4.79 Å². The monoisotopic (exact) mass is 259 g/mol. The summed E-state index contributed by atoms with van der Waals surface area (Å²) in [6, 6.07) is 9.70. The molecule has 17 heavy (non-hydrogen) atoms. The van der Waals surface area contributed by atoms with Crippen LogP contribution in [0.2, 0.25) is 0 Å². The van der Waals surface area contributed by atoms with E-state index in [1.165, 1.54) is 0 Å². The van der Waals surface area contributed by atoms with Crippen molar-refractivity contribution in [2.45, 2.75) is 6.61 Å². The Morgan fingerprint density at radius 3 is 2.59 bits per heavy atom. The standard InChI is InChI=1S/C12H17NO3.ClH/c1-13-7-11(12(14)15)9-16-8-10-5-3-2-4-6-10;/h2-6,11,13H,7-9H2,1H3,(H,14,15);1H/t11-;/m0./s1. The van der Waals surface area contributed by atoms with Gasteiger partial charge < -0.3 is 15.2 Å². The molecular formula is C12H18ClNO3. The summed E-state index contributed by atoms with van der Waals surface area (Å²) >= 11 is 0. The van der Waals surface area contributed by atoms with E-state index in [0.29, 0.717) is 13.2 Å². The Morgan fingerprint density at radius 2 is 2.06 bits per heavy atom. The van der Waals surface area contributed by atoms with Crippen LogP contribution in [-0.4, -0.2) is 31.3 Å². The lowest BCUT2D eigenvalue weighted by atomic mass is 10.1. The molecule has 0 heterocycles. The molecule has 1 aromatic rings. The number of benzene rings is 1. The van der Waals surface area contributed by atoms with E-state index in [1.54, 1.807) is 7.05 Å². The van der Waals surface area contributed by atoms with Crippen molar-refractivity contribution in [3.05, 3.63) is 35.9 Å². The van der Waals surface area contributed by atoms with Crippen molar-refractivity contribution in [2.75, 3.05) is 20.2 Å². The van der Waals surface area contributed by atoms with Crippen molar-refractivity contribution in [3.63, 3.8) is 0 Å².